The first-order valence-corrected chi connectivity index (χ1v) is 3.48. The number of rotatable bonds is 1. The van der Waals surface area contributed by atoms with Crippen molar-refractivity contribution in [3.05, 3.63) is 12.4 Å². The predicted octanol–water partition coefficient (Wildman–Crippen LogP) is -0.543. The molecule has 0 saturated heterocycles. The minimum Gasteiger partial charge on any atom is -0.755 e. The van der Waals surface area contributed by atoms with Gasteiger partial charge in [0, 0.05) is 30.7 Å². The molecule has 0 radical (unpaired) electrons. The van der Waals surface area contributed by atoms with E-state index in [0.29, 0.717) is 6.67 Å². The average molecular weight is 147 g/mol. The number of hydrogen-bond donors (Lipinski definition) is 0. The van der Waals surface area contributed by atoms with E-state index in [1.165, 1.54) is 10.5 Å². The van der Waals surface area contributed by atoms with Crippen LogP contribution in [0.5, 0.6) is 0 Å². The van der Waals surface area contributed by atoms with Gasteiger partial charge >= 0.3 is 0 Å². The second kappa shape index (κ2) is 2.36. The molecule has 0 amide bonds. The molecule has 0 aromatic carbocycles. The molecule has 1 unspecified atom stereocenters. The van der Waals surface area contributed by atoms with E-state index in [1.54, 1.807) is 11.1 Å². The largest absolute Gasteiger partial charge is 0.755 e. The molecule has 1 aliphatic heterocycles. The minimum absolute atomic E-state index is 0.427. The zero-order valence-electron chi connectivity index (χ0n) is 4.98. The highest BCUT2D eigenvalue weighted by molar-refractivity contribution is 7.76. The summed E-state index contributed by atoms with van der Waals surface area (Å²) in [6, 6.07) is 0. The van der Waals surface area contributed by atoms with Gasteiger partial charge in [0.25, 0.3) is 0 Å². The summed E-state index contributed by atoms with van der Waals surface area (Å²) >= 11 is -2.11. The van der Waals surface area contributed by atoms with Crippen LogP contribution in [0.1, 0.15) is 0 Å². The molecule has 9 heavy (non-hydrogen) atoms. The molecule has 0 bridgehead atoms. The van der Waals surface area contributed by atoms with E-state index in [0.717, 1.165) is 0 Å². The van der Waals surface area contributed by atoms with Crippen LogP contribution in [-0.2, 0) is 11.3 Å². The highest BCUT2D eigenvalue weighted by Crippen LogP contribution is 2.03. The van der Waals surface area contributed by atoms with E-state index >= 15 is 0 Å². The molecule has 0 aromatic heterocycles. The molecule has 52 valence electrons. The normalized spacial score (nSPS) is 21.1. The Labute approximate surface area is 56.2 Å². The van der Waals surface area contributed by atoms with Crippen LogP contribution in [0.3, 0.4) is 0 Å². The summed E-state index contributed by atoms with van der Waals surface area (Å²) in [6.45, 7) is 0.427. The third-order valence-corrected chi connectivity index (χ3v) is 1.66. The number of hydrogen-bond acceptors (Lipinski definition) is 3. The van der Waals surface area contributed by atoms with Crippen molar-refractivity contribution >= 4 is 11.3 Å². The maximum atomic E-state index is 10.2. The number of nitrogens with zero attached hydrogens (tertiary/aromatic N) is 2. The van der Waals surface area contributed by atoms with E-state index < -0.39 is 11.3 Å². The van der Waals surface area contributed by atoms with Crippen LogP contribution < -0.4 is 0 Å². The molecule has 0 saturated carbocycles. The van der Waals surface area contributed by atoms with Gasteiger partial charge in [0.2, 0.25) is 0 Å². The summed E-state index contributed by atoms with van der Waals surface area (Å²) < 4.78 is 21.6. The Kier molecular flexibility index (Phi) is 1.73. The molecular weight excluding hydrogens is 140 g/mol. The molecule has 0 aromatic rings. The first kappa shape index (κ1) is 6.57. The van der Waals surface area contributed by atoms with Gasteiger partial charge in [-0.15, -0.1) is 0 Å². The van der Waals surface area contributed by atoms with E-state index in [4.69, 9.17) is 0 Å². The Morgan fingerprint density at radius 1 is 1.67 bits per heavy atom. The lowest BCUT2D eigenvalue weighted by Gasteiger charge is -2.19. The predicted molar refractivity (Wildman–Crippen MR) is 32.5 cm³/mol. The molecule has 1 heterocycles. The lowest BCUT2D eigenvalue weighted by molar-refractivity contribution is 0.373. The summed E-state index contributed by atoms with van der Waals surface area (Å²) in [7, 11) is 1.81. The van der Waals surface area contributed by atoms with Crippen LogP contribution in [-0.4, -0.2) is 31.7 Å². The van der Waals surface area contributed by atoms with Crippen LogP contribution in [0, 0.1) is 0 Å². The lowest BCUT2D eigenvalue weighted by Crippen LogP contribution is -2.23. The molecule has 4 nitrogen and oxygen atoms in total. The fraction of sp³-hybridized carbons (Fsp3) is 0.500. The van der Waals surface area contributed by atoms with Crippen molar-refractivity contribution in [2.24, 2.45) is 0 Å². The first-order valence-electron chi connectivity index (χ1n) is 2.45. The Bertz CT molecular complexity index is 159. The summed E-state index contributed by atoms with van der Waals surface area (Å²) in [5, 5.41) is 0. The van der Waals surface area contributed by atoms with E-state index in [2.05, 4.69) is 0 Å². The van der Waals surface area contributed by atoms with Gasteiger partial charge in [-0.05, 0) is 0 Å². The standard InChI is InChI=1S/C4H8N2O2S/c1-5-2-3-6(4-5)9(7)8/h2-3H,4H2,1H3,(H,7,8)/p-1. The van der Waals surface area contributed by atoms with Crippen LogP contribution in [0.25, 0.3) is 0 Å². The zero-order chi connectivity index (χ0) is 6.85. The lowest BCUT2D eigenvalue weighted by atomic mass is 10.9. The minimum atomic E-state index is -2.11. The molecule has 0 aliphatic carbocycles. The van der Waals surface area contributed by atoms with Crippen molar-refractivity contribution in [2.75, 3.05) is 13.7 Å². The molecule has 5 heteroatoms. The third kappa shape index (κ3) is 1.43. The second-order valence-corrected chi connectivity index (χ2v) is 2.73. The summed E-state index contributed by atoms with van der Waals surface area (Å²) in [6.07, 6.45) is 3.22. The SMILES string of the molecule is CN1C=CN(S(=O)[O-])C1. The highest BCUT2D eigenvalue weighted by Gasteiger charge is 2.06. The monoisotopic (exact) mass is 147 g/mol. The summed E-state index contributed by atoms with van der Waals surface area (Å²) in [4.78, 5) is 1.77. The van der Waals surface area contributed by atoms with Crippen LogP contribution in [0.4, 0.5) is 0 Å². The Morgan fingerprint density at radius 2 is 2.33 bits per heavy atom. The average Bonchev–Trinajstić information content (AvgIpc) is 2.14. The molecule has 1 rings (SSSR count). The van der Waals surface area contributed by atoms with Crippen molar-refractivity contribution in [1.82, 2.24) is 9.21 Å². The fourth-order valence-corrected chi connectivity index (χ4v) is 1.03. The maximum absolute atomic E-state index is 10.2. The van der Waals surface area contributed by atoms with Crippen LogP contribution >= 0.6 is 0 Å². The molecule has 0 fully saturated rings. The van der Waals surface area contributed by atoms with Crippen molar-refractivity contribution < 1.29 is 8.76 Å². The van der Waals surface area contributed by atoms with Gasteiger partial charge in [-0.2, -0.15) is 0 Å². The van der Waals surface area contributed by atoms with E-state index in [1.807, 2.05) is 7.05 Å². The van der Waals surface area contributed by atoms with Crippen LogP contribution in [0.2, 0.25) is 0 Å². The molecule has 1 atom stereocenters. The fourth-order valence-electron chi connectivity index (χ4n) is 0.599. The van der Waals surface area contributed by atoms with Crippen molar-refractivity contribution in [3.8, 4) is 0 Å². The van der Waals surface area contributed by atoms with Crippen LogP contribution in [0.15, 0.2) is 12.4 Å². The Morgan fingerprint density at radius 3 is 2.56 bits per heavy atom. The van der Waals surface area contributed by atoms with Crippen molar-refractivity contribution in [1.29, 1.82) is 0 Å². The van der Waals surface area contributed by atoms with Gasteiger partial charge < -0.3 is 9.45 Å². The quantitative estimate of drug-likeness (QED) is 0.468. The molecule has 0 spiro atoms. The Hall–Kier alpha value is -0.550. The van der Waals surface area contributed by atoms with Gasteiger partial charge in [-0.1, -0.05) is 0 Å². The molecule has 1 aliphatic rings. The highest BCUT2D eigenvalue weighted by atomic mass is 32.2. The van der Waals surface area contributed by atoms with Gasteiger partial charge in [-0.25, -0.2) is 0 Å². The first-order chi connectivity index (χ1) is 4.20. The van der Waals surface area contributed by atoms with E-state index in [-0.39, 0.29) is 0 Å². The maximum Gasteiger partial charge on any atom is 0.101 e. The Balaban J connectivity index is 2.50. The zero-order valence-corrected chi connectivity index (χ0v) is 5.80. The van der Waals surface area contributed by atoms with E-state index in [9.17, 15) is 8.76 Å². The third-order valence-electron chi connectivity index (χ3n) is 1.04. The molecular formula is C4H7N2O2S-. The summed E-state index contributed by atoms with van der Waals surface area (Å²) in [5.74, 6) is 0. The molecule has 0 N–H and O–H groups in total. The van der Waals surface area contributed by atoms with Gasteiger partial charge in [0.15, 0.2) is 0 Å². The van der Waals surface area contributed by atoms with Gasteiger partial charge in [0.05, 0.1) is 0 Å². The van der Waals surface area contributed by atoms with Gasteiger partial charge in [-0.3, -0.25) is 8.51 Å². The van der Waals surface area contributed by atoms with Gasteiger partial charge in [0.1, 0.15) is 6.67 Å². The summed E-state index contributed by atoms with van der Waals surface area (Å²) in [5.41, 5.74) is 0. The van der Waals surface area contributed by atoms with Crippen molar-refractivity contribution in [3.63, 3.8) is 0 Å². The smallest absolute Gasteiger partial charge is 0.101 e. The van der Waals surface area contributed by atoms with Crippen molar-refractivity contribution in [2.45, 2.75) is 0 Å². The topological polar surface area (TPSA) is 46.6 Å². The second-order valence-electron chi connectivity index (χ2n) is 1.83.